The molecule has 1 heterocycles. The van der Waals surface area contributed by atoms with Crippen LogP contribution in [0.3, 0.4) is 0 Å². The lowest BCUT2D eigenvalue weighted by atomic mass is 10.1. The van der Waals surface area contributed by atoms with E-state index >= 15 is 0 Å². The first-order valence-electron chi connectivity index (χ1n) is 6.90. The summed E-state index contributed by atoms with van der Waals surface area (Å²) in [5.41, 5.74) is 0.160. The third-order valence-electron chi connectivity index (χ3n) is 3.45. The first-order valence-corrected chi connectivity index (χ1v) is 6.90. The highest BCUT2D eigenvalue weighted by Gasteiger charge is 2.37. The van der Waals surface area contributed by atoms with Crippen LogP contribution in [0.5, 0.6) is 5.75 Å². The molecule has 0 bridgehead atoms. The standard InChI is InChI=1S/C18H13F3O2/c1-22-14-9-7-12(8-10-14)16-11-15(18(19,20)21)17(23-16)13-5-3-2-4-6-13/h2-11H,1H3. The summed E-state index contributed by atoms with van der Waals surface area (Å²) >= 11 is 0. The van der Waals surface area contributed by atoms with E-state index in [0.717, 1.165) is 6.07 Å². The third kappa shape index (κ3) is 3.08. The van der Waals surface area contributed by atoms with E-state index in [9.17, 15) is 13.2 Å². The van der Waals surface area contributed by atoms with Crippen LogP contribution < -0.4 is 4.74 Å². The fourth-order valence-electron chi connectivity index (χ4n) is 2.30. The van der Waals surface area contributed by atoms with Gasteiger partial charge in [0.15, 0.2) is 0 Å². The molecule has 23 heavy (non-hydrogen) atoms. The van der Waals surface area contributed by atoms with E-state index in [1.807, 2.05) is 0 Å². The van der Waals surface area contributed by atoms with Gasteiger partial charge in [-0.05, 0) is 30.3 Å². The number of hydrogen-bond donors (Lipinski definition) is 0. The maximum absolute atomic E-state index is 13.3. The summed E-state index contributed by atoms with van der Waals surface area (Å²) in [6, 6.07) is 16.0. The second kappa shape index (κ2) is 5.83. The van der Waals surface area contributed by atoms with Gasteiger partial charge in [-0.1, -0.05) is 30.3 Å². The molecule has 0 saturated carbocycles. The molecule has 2 nitrogen and oxygen atoms in total. The van der Waals surface area contributed by atoms with Crippen molar-refractivity contribution in [2.75, 3.05) is 7.11 Å². The Bertz CT molecular complexity index is 787. The number of hydrogen-bond acceptors (Lipinski definition) is 2. The highest BCUT2D eigenvalue weighted by molar-refractivity contribution is 5.69. The molecule has 2 aromatic carbocycles. The van der Waals surface area contributed by atoms with E-state index in [2.05, 4.69) is 0 Å². The van der Waals surface area contributed by atoms with Gasteiger partial charge in [-0.15, -0.1) is 0 Å². The number of halogens is 3. The molecule has 0 unspecified atom stereocenters. The molecule has 118 valence electrons. The van der Waals surface area contributed by atoms with Crippen LogP contribution in [0.4, 0.5) is 13.2 Å². The Balaban J connectivity index is 2.11. The van der Waals surface area contributed by atoms with Crippen molar-refractivity contribution in [1.82, 2.24) is 0 Å². The summed E-state index contributed by atoms with van der Waals surface area (Å²) in [4.78, 5) is 0. The van der Waals surface area contributed by atoms with Gasteiger partial charge in [0.2, 0.25) is 0 Å². The van der Waals surface area contributed by atoms with Gasteiger partial charge in [-0.2, -0.15) is 13.2 Å². The Labute approximate surface area is 131 Å². The van der Waals surface area contributed by atoms with Gasteiger partial charge in [0.25, 0.3) is 0 Å². The molecule has 0 amide bonds. The minimum absolute atomic E-state index is 0.166. The Morgan fingerprint density at radius 1 is 0.870 bits per heavy atom. The molecule has 0 saturated heterocycles. The molecule has 1 aromatic heterocycles. The molecule has 0 fully saturated rings. The topological polar surface area (TPSA) is 22.4 Å². The fourth-order valence-corrected chi connectivity index (χ4v) is 2.30. The largest absolute Gasteiger partial charge is 0.497 e. The van der Waals surface area contributed by atoms with Gasteiger partial charge in [0, 0.05) is 11.1 Å². The van der Waals surface area contributed by atoms with Gasteiger partial charge in [0.1, 0.15) is 22.8 Å². The van der Waals surface area contributed by atoms with Crippen molar-refractivity contribution in [2.45, 2.75) is 6.18 Å². The van der Waals surface area contributed by atoms with Crippen LogP contribution in [0.25, 0.3) is 22.6 Å². The smallest absolute Gasteiger partial charge is 0.420 e. The Hall–Kier alpha value is -2.69. The van der Waals surface area contributed by atoms with Crippen LogP contribution >= 0.6 is 0 Å². The van der Waals surface area contributed by atoms with Crippen LogP contribution in [0.1, 0.15) is 5.56 Å². The zero-order valence-electron chi connectivity index (χ0n) is 12.2. The molecule has 0 radical (unpaired) electrons. The Kier molecular flexibility index (Phi) is 3.86. The second-order valence-electron chi connectivity index (χ2n) is 4.95. The summed E-state index contributed by atoms with van der Waals surface area (Å²) in [6.45, 7) is 0. The van der Waals surface area contributed by atoms with Crippen LogP contribution in [0, 0.1) is 0 Å². The molecule has 0 atom stereocenters. The molecule has 0 aliphatic heterocycles. The van der Waals surface area contributed by atoms with Gasteiger partial charge in [-0.3, -0.25) is 0 Å². The minimum atomic E-state index is -4.49. The van der Waals surface area contributed by atoms with Crippen molar-refractivity contribution in [3.05, 3.63) is 66.2 Å². The second-order valence-corrected chi connectivity index (χ2v) is 4.95. The van der Waals surface area contributed by atoms with E-state index in [1.54, 1.807) is 54.6 Å². The number of benzene rings is 2. The number of furan rings is 1. The van der Waals surface area contributed by atoms with Crippen LogP contribution in [0.15, 0.2) is 65.1 Å². The molecular weight excluding hydrogens is 305 g/mol. The van der Waals surface area contributed by atoms with Gasteiger partial charge in [-0.25, -0.2) is 0 Å². The number of methoxy groups -OCH3 is 1. The lowest BCUT2D eigenvalue weighted by molar-refractivity contribution is -0.137. The Morgan fingerprint density at radius 3 is 2.09 bits per heavy atom. The maximum Gasteiger partial charge on any atom is 0.420 e. The van der Waals surface area contributed by atoms with Crippen molar-refractivity contribution in [2.24, 2.45) is 0 Å². The van der Waals surface area contributed by atoms with Gasteiger partial charge < -0.3 is 9.15 Å². The van der Waals surface area contributed by atoms with Gasteiger partial charge in [0.05, 0.1) is 7.11 Å². The maximum atomic E-state index is 13.3. The molecule has 0 spiro atoms. The van der Waals surface area contributed by atoms with E-state index in [-0.39, 0.29) is 11.5 Å². The summed E-state index contributed by atoms with van der Waals surface area (Å²) in [5.74, 6) is 0.613. The molecule has 3 rings (SSSR count). The molecule has 3 aromatic rings. The number of rotatable bonds is 3. The normalized spacial score (nSPS) is 11.5. The molecule has 0 aliphatic carbocycles. The van der Waals surface area contributed by atoms with Crippen molar-refractivity contribution in [3.8, 4) is 28.4 Å². The zero-order chi connectivity index (χ0) is 16.4. The lowest BCUT2D eigenvalue weighted by Gasteiger charge is -2.05. The van der Waals surface area contributed by atoms with Crippen molar-refractivity contribution < 1.29 is 22.3 Å². The SMILES string of the molecule is COc1ccc(-c2cc(C(F)(F)F)c(-c3ccccc3)o2)cc1. The molecule has 5 heteroatoms. The Morgan fingerprint density at radius 2 is 1.52 bits per heavy atom. The van der Waals surface area contributed by atoms with E-state index in [0.29, 0.717) is 16.9 Å². The quantitative estimate of drug-likeness (QED) is 0.623. The number of alkyl halides is 3. The monoisotopic (exact) mass is 318 g/mol. The van der Waals surface area contributed by atoms with E-state index in [1.165, 1.54) is 7.11 Å². The highest BCUT2D eigenvalue weighted by atomic mass is 19.4. The highest BCUT2D eigenvalue weighted by Crippen LogP contribution is 2.41. The van der Waals surface area contributed by atoms with Crippen LogP contribution in [-0.4, -0.2) is 7.11 Å². The van der Waals surface area contributed by atoms with Gasteiger partial charge >= 0.3 is 6.18 Å². The summed E-state index contributed by atoms with van der Waals surface area (Å²) in [7, 11) is 1.52. The van der Waals surface area contributed by atoms with Crippen molar-refractivity contribution in [3.63, 3.8) is 0 Å². The van der Waals surface area contributed by atoms with Crippen molar-refractivity contribution in [1.29, 1.82) is 0 Å². The average Bonchev–Trinajstić information content (AvgIpc) is 3.01. The summed E-state index contributed by atoms with van der Waals surface area (Å²) < 4.78 is 50.5. The molecule has 0 N–H and O–H groups in total. The van der Waals surface area contributed by atoms with Crippen molar-refractivity contribution >= 4 is 0 Å². The molecule has 0 aliphatic rings. The average molecular weight is 318 g/mol. The lowest BCUT2D eigenvalue weighted by Crippen LogP contribution is -2.04. The first kappa shape index (κ1) is 15.2. The van der Waals surface area contributed by atoms with E-state index in [4.69, 9.17) is 9.15 Å². The minimum Gasteiger partial charge on any atom is -0.497 e. The predicted octanol–water partition coefficient (Wildman–Crippen LogP) is 5.64. The molecular formula is C18H13F3O2. The zero-order valence-corrected chi connectivity index (χ0v) is 12.2. The summed E-state index contributed by atoms with van der Waals surface area (Å²) in [6.07, 6.45) is -4.49. The van der Waals surface area contributed by atoms with Crippen LogP contribution in [0.2, 0.25) is 0 Å². The summed E-state index contributed by atoms with van der Waals surface area (Å²) in [5, 5.41) is 0. The third-order valence-corrected chi connectivity index (χ3v) is 3.45. The first-order chi connectivity index (χ1) is 11.0. The van der Waals surface area contributed by atoms with Crippen LogP contribution in [-0.2, 0) is 6.18 Å². The predicted molar refractivity (Wildman–Crippen MR) is 81.1 cm³/mol. The number of ether oxygens (including phenoxy) is 1. The van der Waals surface area contributed by atoms with E-state index < -0.39 is 11.7 Å². The fraction of sp³-hybridized carbons (Fsp3) is 0.111.